The van der Waals surface area contributed by atoms with Crippen LogP contribution < -0.4 is 11.1 Å². The lowest BCUT2D eigenvalue weighted by molar-refractivity contribution is 1.40. The summed E-state index contributed by atoms with van der Waals surface area (Å²) in [6.45, 7) is 0. The third kappa shape index (κ3) is 2.32. The van der Waals surface area contributed by atoms with E-state index in [0.717, 1.165) is 26.8 Å². The summed E-state index contributed by atoms with van der Waals surface area (Å²) in [5.41, 5.74) is 9.29. The molecule has 0 unspecified atom stereocenters. The fourth-order valence-electron chi connectivity index (χ4n) is 2.04. The quantitative estimate of drug-likeness (QED) is 0.642. The first-order valence-corrected chi connectivity index (χ1v) is 7.18. The highest BCUT2D eigenvalue weighted by atomic mass is 79.9. The van der Waals surface area contributed by atoms with Crippen LogP contribution in [0.2, 0.25) is 5.02 Å². The fraction of sp³-hybridized carbons (Fsp3) is 0. The van der Waals surface area contributed by atoms with Crippen molar-refractivity contribution in [2.45, 2.75) is 0 Å². The standard InChI is InChI=1S/C15H11BrClN3/c16-14-10(17)4-1-5-12(14)20-13-7-6-11(18)9-3-2-8-19-15(9)13/h1-8,20H,18H2. The Balaban J connectivity index is 2.12. The molecule has 0 saturated heterocycles. The van der Waals surface area contributed by atoms with Crippen LogP contribution in [-0.4, -0.2) is 4.98 Å². The number of nitrogens with one attached hydrogen (secondary N) is 1. The van der Waals surface area contributed by atoms with Crippen molar-refractivity contribution < 1.29 is 0 Å². The lowest BCUT2D eigenvalue weighted by Gasteiger charge is -2.12. The molecule has 3 N–H and O–H groups in total. The second-order valence-electron chi connectivity index (χ2n) is 4.33. The summed E-state index contributed by atoms with van der Waals surface area (Å²) in [7, 11) is 0. The second-order valence-corrected chi connectivity index (χ2v) is 5.53. The van der Waals surface area contributed by atoms with Crippen molar-refractivity contribution >= 4 is 55.5 Å². The van der Waals surface area contributed by atoms with Crippen LogP contribution in [0.15, 0.2) is 53.1 Å². The van der Waals surface area contributed by atoms with Crippen LogP contribution in [0.3, 0.4) is 0 Å². The molecule has 5 heteroatoms. The van der Waals surface area contributed by atoms with Crippen molar-refractivity contribution in [2.75, 3.05) is 11.1 Å². The number of fused-ring (bicyclic) bond motifs is 1. The van der Waals surface area contributed by atoms with Gasteiger partial charge in [0.25, 0.3) is 0 Å². The van der Waals surface area contributed by atoms with Gasteiger partial charge in [-0.1, -0.05) is 17.7 Å². The van der Waals surface area contributed by atoms with Crippen molar-refractivity contribution in [3.63, 3.8) is 0 Å². The molecule has 0 atom stereocenters. The van der Waals surface area contributed by atoms with Crippen LogP contribution in [0.1, 0.15) is 0 Å². The summed E-state index contributed by atoms with van der Waals surface area (Å²) in [6.07, 6.45) is 1.75. The number of pyridine rings is 1. The molecule has 3 aromatic rings. The van der Waals surface area contributed by atoms with E-state index in [0.29, 0.717) is 10.7 Å². The summed E-state index contributed by atoms with van der Waals surface area (Å²) in [5, 5.41) is 4.92. The topological polar surface area (TPSA) is 50.9 Å². The van der Waals surface area contributed by atoms with Gasteiger partial charge in [-0.05, 0) is 52.3 Å². The summed E-state index contributed by atoms with van der Waals surface area (Å²) in [4.78, 5) is 4.40. The number of rotatable bonds is 2. The Bertz CT molecular complexity index is 789. The highest BCUT2D eigenvalue weighted by Gasteiger charge is 2.08. The third-order valence-electron chi connectivity index (χ3n) is 3.02. The first-order chi connectivity index (χ1) is 9.66. The van der Waals surface area contributed by atoms with E-state index in [1.54, 1.807) is 6.20 Å². The number of aromatic nitrogens is 1. The number of hydrogen-bond acceptors (Lipinski definition) is 3. The first kappa shape index (κ1) is 13.2. The van der Waals surface area contributed by atoms with Gasteiger partial charge >= 0.3 is 0 Å². The molecule has 3 rings (SSSR count). The molecule has 0 saturated carbocycles. The molecule has 0 amide bonds. The van der Waals surface area contributed by atoms with Gasteiger partial charge in [-0.3, -0.25) is 4.98 Å². The maximum absolute atomic E-state index is 6.10. The number of anilines is 3. The minimum Gasteiger partial charge on any atom is -0.398 e. The summed E-state index contributed by atoms with van der Waals surface area (Å²) < 4.78 is 0.822. The smallest absolute Gasteiger partial charge is 0.0957 e. The van der Waals surface area contributed by atoms with Gasteiger partial charge in [-0.15, -0.1) is 0 Å². The van der Waals surface area contributed by atoms with Gasteiger partial charge in [0.15, 0.2) is 0 Å². The van der Waals surface area contributed by atoms with Gasteiger partial charge in [0, 0.05) is 17.3 Å². The van der Waals surface area contributed by atoms with Crippen LogP contribution in [0.25, 0.3) is 10.9 Å². The Morgan fingerprint density at radius 1 is 1.05 bits per heavy atom. The van der Waals surface area contributed by atoms with Crippen LogP contribution in [-0.2, 0) is 0 Å². The van der Waals surface area contributed by atoms with E-state index in [1.165, 1.54) is 0 Å². The SMILES string of the molecule is Nc1ccc(Nc2cccc(Cl)c2Br)c2ncccc12. The predicted molar refractivity (Wildman–Crippen MR) is 88.6 cm³/mol. The van der Waals surface area contributed by atoms with Crippen LogP contribution in [0, 0.1) is 0 Å². The molecule has 0 aliphatic rings. The maximum atomic E-state index is 6.10. The number of nitrogen functional groups attached to an aromatic ring is 1. The molecule has 1 heterocycles. The highest BCUT2D eigenvalue weighted by Crippen LogP contribution is 2.34. The largest absolute Gasteiger partial charge is 0.398 e. The van der Waals surface area contributed by atoms with E-state index in [-0.39, 0.29) is 0 Å². The second kappa shape index (κ2) is 5.31. The summed E-state index contributed by atoms with van der Waals surface area (Å²) in [5.74, 6) is 0. The number of hydrogen-bond donors (Lipinski definition) is 2. The molecular weight excluding hydrogens is 338 g/mol. The van der Waals surface area contributed by atoms with Crippen LogP contribution in [0.4, 0.5) is 17.1 Å². The molecule has 0 spiro atoms. The minimum absolute atomic E-state index is 0.655. The van der Waals surface area contributed by atoms with E-state index in [9.17, 15) is 0 Å². The highest BCUT2D eigenvalue weighted by molar-refractivity contribution is 9.10. The van der Waals surface area contributed by atoms with Gasteiger partial charge < -0.3 is 11.1 Å². The van der Waals surface area contributed by atoms with Gasteiger partial charge in [0.1, 0.15) is 0 Å². The van der Waals surface area contributed by atoms with Crippen molar-refractivity contribution in [1.82, 2.24) is 4.98 Å². The molecule has 2 aromatic carbocycles. The van der Waals surface area contributed by atoms with E-state index in [2.05, 4.69) is 26.2 Å². The summed E-state index contributed by atoms with van der Waals surface area (Å²) >= 11 is 9.58. The van der Waals surface area contributed by atoms with Crippen molar-refractivity contribution in [3.05, 3.63) is 58.2 Å². The van der Waals surface area contributed by atoms with Gasteiger partial charge in [0.2, 0.25) is 0 Å². The van der Waals surface area contributed by atoms with Crippen molar-refractivity contribution in [1.29, 1.82) is 0 Å². The third-order valence-corrected chi connectivity index (χ3v) is 4.42. The lowest BCUT2D eigenvalue weighted by atomic mass is 10.1. The Labute approximate surface area is 129 Å². The number of benzene rings is 2. The zero-order valence-electron chi connectivity index (χ0n) is 10.4. The fourth-order valence-corrected chi connectivity index (χ4v) is 2.58. The molecule has 1 aromatic heterocycles. The van der Waals surface area contributed by atoms with Gasteiger partial charge in [-0.2, -0.15) is 0 Å². The molecule has 0 bridgehead atoms. The Morgan fingerprint density at radius 3 is 2.75 bits per heavy atom. The Hall–Kier alpha value is -1.78. The van der Waals surface area contributed by atoms with Crippen LogP contribution in [0.5, 0.6) is 0 Å². The number of nitrogens with two attached hydrogens (primary N) is 1. The van der Waals surface area contributed by atoms with Crippen LogP contribution >= 0.6 is 27.5 Å². The molecule has 0 aliphatic heterocycles. The van der Waals surface area contributed by atoms with Crippen molar-refractivity contribution in [2.24, 2.45) is 0 Å². The monoisotopic (exact) mass is 347 g/mol. The van der Waals surface area contributed by atoms with E-state index >= 15 is 0 Å². The zero-order chi connectivity index (χ0) is 14.1. The molecule has 0 fully saturated rings. The normalized spacial score (nSPS) is 10.7. The molecule has 20 heavy (non-hydrogen) atoms. The van der Waals surface area contributed by atoms with E-state index in [4.69, 9.17) is 17.3 Å². The molecule has 100 valence electrons. The molecular formula is C15H11BrClN3. The number of nitrogens with zero attached hydrogens (tertiary/aromatic N) is 1. The lowest BCUT2D eigenvalue weighted by Crippen LogP contribution is -1.96. The number of halogens is 2. The maximum Gasteiger partial charge on any atom is 0.0957 e. The zero-order valence-corrected chi connectivity index (χ0v) is 12.7. The van der Waals surface area contributed by atoms with Crippen molar-refractivity contribution in [3.8, 4) is 0 Å². The first-order valence-electron chi connectivity index (χ1n) is 6.01. The molecule has 0 radical (unpaired) electrons. The van der Waals surface area contributed by atoms with E-state index in [1.807, 2.05) is 42.5 Å². The average Bonchev–Trinajstić information content (AvgIpc) is 2.47. The molecule has 3 nitrogen and oxygen atoms in total. The Kier molecular flexibility index (Phi) is 3.51. The van der Waals surface area contributed by atoms with Gasteiger partial charge in [0.05, 0.1) is 26.4 Å². The van der Waals surface area contributed by atoms with E-state index < -0.39 is 0 Å². The average molecular weight is 349 g/mol. The molecule has 0 aliphatic carbocycles. The minimum atomic E-state index is 0.655. The summed E-state index contributed by atoms with van der Waals surface area (Å²) in [6, 6.07) is 13.3. The predicted octanol–water partition coefficient (Wildman–Crippen LogP) is 4.98. The van der Waals surface area contributed by atoms with Gasteiger partial charge in [-0.25, -0.2) is 0 Å². The Morgan fingerprint density at radius 2 is 1.90 bits per heavy atom.